The van der Waals surface area contributed by atoms with Crippen LogP contribution in [0.25, 0.3) is 0 Å². The molecule has 0 aliphatic carbocycles. The highest BCUT2D eigenvalue weighted by Gasteiger charge is 2.19. The summed E-state index contributed by atoms with van der Waals surface area (Å²) in [5.74, 6) is 0.336. The Labute approximate surface area is 105 Å². The van der Waals surface area contributed by atoms with Crippen molar-refractivity contribution in [2.75, 3.05) is 0 Å². The first-order chi connectivity index (χ1) is 7.50. The summed E-state index contributed by atoms with van der Waals surface area (Å²) in [5.41, 5.74) is 0. The van der Waals surface area contributed by atoms with E-state index in [1.54, 1.807) is 12.5 Å². The molecule has 16 heavy (non-hydrogen) atoms. The Balaban J connectivity index is 2.39. The maximum absolute atomic E-state index is 11.7. The van der Waals surface area contributed by atoms with Crippen molar-refractivity contribution in [1.82, 2.24) is 14.9 Å². The summed E-state index contributed by atoms with van der Waals surface area (Å²) < 4.78 is 1.95. The van der Waals surface area contributed by atoms with Crippen molar-refractivity contribution in [3.63, 3.8) is 0 Å². The van der Waals surface area contributed by atoms with E-state index in [-0.39, 0.29) is 16.8 Å². The molecule has 4 nitrogen and oxygen atoms in total. The number of rotatable bonds is 5. The van der Waals surface area contributed by atoms with E-state index in [2.05, 4.69) is 26.2 Å². The molecule has 0 fully saturated rings. The Hall–Kier alpha value is -0.840. The third-order valence-electron chi connectivity index (χ3n) is 2.27. The molecule has 1 rings (SSSR count). The molecule has 0 aliphatic heterocycles. The van der Waals surface area contributed by atoms with Crippen molar-refractivity contribution in [2.24, 2.45) is 5.92 Å². The van der Waals surface area contributed by atoms with Gasteiger partial charge in [0.25, 0.3) is 0 Å². The Morgan fingerprint density at radius 2 is 2.19 bits per heavy atom. The lowest BCUT2D eigenvalue weighted by atomic mass is 10.1. The zero-order chi connectivity index (χ0) is 12.1. The van der Waals surface area contributed by atoms with Crippen LogP contribution in [0.3, 0.4) is 0 Å². The normalized spacial score (nSPS) is 14.8. The second-order valence-corrected chi connectivity index (χ2v) is 5.30. The zero-order valence-electron chi connectivity index (χ0n) is 9.85. The van der Waals surface area contributed by atoms with Crippen molar-refractivity contribution in [1.29, 1.82) is 0 Å². The number of nitrogens with zero attached hydrogens (tertiary/aromatic N) is 2. The summed E-state index contributed by atoms with van der Waals surface area (Å²) in [6, 6.07) is 0.0977. The summed E-state index contributed by atoms with van der Waals surface area (Å²) in [5, 5.41) is 2.96. The molecule has 0 saturated heterocycles. The van der Waals surface area contributed by atoms with Crippen LogP contribution in [0.15, 0.2) is 18.7 Å². The van der Waals surface area contributed by atoms with Gasteiger partial charge in [-0.3, -0.25) is 4.79 Å². The minimum atomic E-state index is -0.127. The molecule has 2 atom stereocenters. The summed E-state index contributed by atoms with van der Waals surface area (Å²) in [6.07, 6.45) is 5.36. The van der Waals surface area contributed by atoms with Crippen molar-refractivity contribution in [2.45, 2.75) is 38.2 Å². The Morgan fingerprint density at radius 3 is 2.69 bits per heavy atom. The number of imidazole rings is 1. The number of hydrogen-bond donors (Lipinski definition) is 1. The van der Waals surface area contributed by atoms with Gasteiger partial charge >= 0.3 is 0 Å². The minimum Gasteiger partial charge on any atom is -0.351 e. The average Bonchev–Trinajstić information content (AvgIpc) is 2.68. The average molecular weight is 288 g/mol. The molecule has 1 aromatic rings. The van der Waals surface area contributed by atoms with E-state index in [1.165, 1.54) is 0 Å². The molecule has 1 heterocycles. The van der Waals surface area contributed by atoms with Gasteiger partial charge in [0.1, 0.15) is 0 Å². The molecule has 1 aromatic heterocycles. The molecule has 0 spiro atoms. The Bertz CT molecular complexity index is 324. The predicted octanol–water partition coefficient (Wildman–Crippen LogP) is 1.81. The number of nitrogens with one attached hydrogen (secondary N) is 1. The Kier molecular flexibility index (Phi) is 4.99. The molecule has 0 aromatic carbocycles. The molecule has 0 saturated carbocycles. The predicted molar refractivity (Wildman–Crippen MR) is 67.4 cm³/mol. The van der Waals surface area contributed by atoms with Gasteiger partial charge in [0.2, 0.25) is 5.91 Å². The molecule has 0 radical (unpaired) electrons. The van der Waals surface area contributed by atoms with Gasteiger partial charge in [-0.1, -0.05) is 29.8 Å². The number of hydrogen-bond acceptors (Lipinski definition) is 2. The summed E-state index contributed by atoms with van der Waals surface area (Å²) >= 11 is 3.38. The number of carbonyl (C=O) groups excluding carboxylic acids is 1. The van der Waals surface area contributed by atoms with Crippen LogP contribution in [0.4, 0.5) is 0 Å². The van der Waals surface area contributed by atoms with E-state index in [9.17, 15) is 4.79 Å². The number of amides is 1. The lowest BCUT2D eigenvalue weighted by molar-refractivity contribution is -0.121. The van der Waals surface area contributed by atoms with E-state index in [1.807, 2.05) is 31.5 Å². The number of aromatic nitrogens is 2. The largest absolute Gasteiger partial charge is 0.351 e. The fraction of sp³-hybridized carbons (Fsp3) is 0.636. The molecule has 2 unspecified atom stereocenters. The fourth-order valence-corrected chi connectivity index (χ4v) is 1.51. The van der Waals surface area contributed by atoms with E-state index >= 15 is 0 Å². The standard InChI is InChI=1S/C11H18BrN3O/c1-8(2)10(12)11(16)14-9(3)6-15-5-4-13-7-15/h4-5,7-10H,6H2,1-3H3,(H,14,16). The maximum atomic E-state index is 11.7. The highest BCUT2D eigenvalue weighted by atomic mass is 79.9. The van der Waals surface area contributed by atoms with Gasteiger partial charge < -0.3 is 9.88 Å². The highest BCUT2D eigenvalue weighted by molar-refractivity contribution is 9.10. The zero-order valence-corrected chi connectivity index (χ0v) is 11.4. The second kappa shape index (κ2) is 6.03. The smallest absolute Gasteiger partial charge is 0.234 e. The van der Waals surface area contributed by atoms with Crippen LogP contribution in [-0.2, 0) is 11.3 Å². The van der Waals surface area contributed by atoms with Gasteiger partial charge in [-0.05, 0) is 12.8 Å². The summed E-state index contributed by atoms with van der Waals surface area (Å²) in [4.78, 5) is 15.6. The van der Waals surface area contributed by atoms with Crippen LogP contribution in [0, 0.1) is 5.92 Å². The summed E-state index contributed by atoms with van der Waals surface area (Å²) in [7, 11) is 0. The molecule has 0 bridgehead atoms. The lowest BCUT2D eigenvalue weighted by Gasteiger charge is -2.18. The topological polar surface area (TPSA) is 46.9 Å². The van der Waals surface area contributed by atoms with Crippen LogP contribution >= 0.6 is 15.9 Å². The number of halogens is 1. The van der Waals surface area contributed by atoms with E-state index in [0.717, 1.165) is 6.54 Å². The van der Waals surface area contributed by atoms with Gasteiger partial charge in [-0.2, -0.15) is 0 Å². The third kappa shape index (κ3) is 3.96. The van der Waals surface area contributed by atoms with Crippen LogP contribution in [0.2, 0.25) is 0 Å². The molecule has 5 heteroatoms. The van der Waals surface area contributed by atoms with Gasteiger partial charge in [-0.15, -0.1) is 0 Å². The molecule has 1 amide bonds. The van der Waals surface area contributed by atoms with Crippen LogP contribution < -0.4 is 5.32 Å². The SMILES string of the molecule is CC(Cn1ccnc1)NC(=O)C(Br)C(C)C. The van der Waals surface area contributed by atoms with Crippen molar-refractivity contribution in [3.8, 4) is 0 Å². The minimum absolute atomic E-state index is 0.0441. The third-order valence-corrected chi connectivity index (χ3v) is 3.74. The quantitative estimate of drug-likeness (QED) is 0.840. The maximum Gasteiger partial charge on any atom is 0.234 e. The lowest BCUT2D eigenvalue weighted by Crippen LogP contribution is -2.41. The first-order valence-electron chi connectivity index (χ1n) is 5.41. The highest BCUT2D eigenvalue weighted by Crippen LogP contribution is 2.12. The molecule has 90 valence electrons. The molecule has 1 N–H and O–H groups in total. The second-order valence-electron chi connectivity index (χ2n) is 4.31. The molecule has 0 aliphatic rings. The number of carbonyl (C=O) groups is 1. The van der Waals surface area contributed by atoms with Gasteiger partial charge in [0.05, 0.1) is 11.2 Å². The van der Waals surface area contributed by atoms with E-state index < -0.39 is 0 Å². The Morgan fingerprint density at radius 1 is 1.50 bits per heavy atom. The van der Waals surface area contributed by atoms with Crippen LogP contribution in [0.5, 0.6) is 0 Å². The monoisotopic (exact) mass is 287 g/mol. The van der Waals surface area contributed by atoms with E-state index in [4.69, 9.17) is 0 Å². The molecular weight excluding hydrogens is 270 g/mol. The number of alkyl halides is 1. The fourth-order valence-electron chi connectivity index (χ4n) is 1.38. The van der Waals surface area contributed by atoms with Crippen molar-refractivity contribution >= 4 is 21.8 Å². The van der Waals surface area contributed by atoms with Gasteiger partial charge in [0.15, 0.2) is 0 Å². The first-order valence-corrected chi connectivity index (χ1v) is 6.32. The molecular formula is C11H18BrN3O. The summed E-state index contributed by atoms with van der Waals surface area (Å²) in [6.45, 7) is 6.75. The van der Waals surface area contributed by atoms with Gasteiger partial charge in [0, 0.05) is 25.0 Å². The first kappa shape index (κ1) is 13.2. The van der Waals surface area contributed by atoms with E-state index in [0.29, 0.717) is 5.92 Å². The van der Waals surface area contributed by atoms with Crippen LogP contribution in [-0.4, -0.2) is 26.3 Å². The van der Waals surface area contributed by atoms with Crippen molar-refractivity contribution < 1.29 is 4.79 Å². The van der Waals surface area contributed by atoms with Crippen molar-refractivity contribution in [3.05, 3.63) is 18.7 Å². The van der Waals surface area contributed by atoms with Gasteiger partial charge in [-0.25, -0.2) is 4.98 Å². The van der Waals surface area contributed by atoms with Crippen LogP contribution in [0.1, 0.15) is 20.8 Å².